The first-order valence-corrected chi connectivity index (χ1v) is 5.23. The Bertz CT molecular complexity index is 671. The monoisotopic (exact) mass is 286 g/mol. The topological polar surface area (TPSA) is 55.2 Å². The number of nitro benzene ring substituents is 1. The van der Waals surface area contributed by atoms with E-state index >= 15 is 0 Å². The Morgan fingerprint density at radius 1 is 0.900 bits per heavy atom. The van der Waals surface area contributed by atoms with Gasteiger partial charge in [-0.25, -0.2) is 17.6 Å². The van der Waals surface area contributed by atoms with Crippen LogP contribution in [-0.2, 0) is 0 Å². The van der Waals surface area contributed by atoms with Crippen LogP contribution in [0.1, 0.15) is 0 Å². The van der Waals surface area contributed by atoms with E-state index in [-0.39, 0.29) is 5.69 Å². The fraction of sp³-hybridized carbons (Fsp3) is 0. The van der Waals surface area contributed by atoms with Gasteiger partial charge < -0.3 is 5.32 Å². The van der Waals surface area contributed by atoms with Crippen molar-refractivity contribution < 1.29 is 22.5 Å². The summed E-state index contributed by atoms with van der Waals surface area (Å²) in [4.78, 5) is 9.72. The van der Waals surface area contributed by atoms with Crippen LogP contribution >= 0.6 is 0 Å². The number of nitrogens with one attached hydrogen (secondary N) is 1. The maximum absolute atomic E-state index is 13.6. The third-order valence-corrected chi connectivity index (χ3v) is 2.36. The van der Waals surface area contributed by atoms with Crippen LogP contribution in [0.15, 0.2) is 30.3 Å². The van der Waals surface area contributed by atoms with E-state index in [1.165, 1.54) is 0 Å². The van der Waals surface area contributed by atoms with Gasteiger partial charge in [0.05, 0.1) is 11.0 Å². The van der Waals surface area contributed by atoms with Crippen LogP contribution < -0.4 is 5.32 Å². The molecular formula is C12H6F4N2O2. The first kappa shape index (κ1) is 13.8. The molecule has 0 bridgehead atoms. The Labute approximate surface area is 109 Å². The Morgan fingerprint density at radius 3 is 2.00 bits per heavy atom. The second kappa shape index (κ2) is 5.16. The summed E-state index contributed by atoms with van der Waals surface area (Å²) in [5.41, 5.74) is -1.80. The Balaban J connectivity index is 2.50. The molecule has 2 rings (SSSR count). The molecule has 0 radical (unpaired) electrons. The molecule has 20 heavy (non-hydrogen) atoms. The molecule has 0 spiro atoms. The Hall–Kier alpha value is -2.64. The van der Waals surface area contributed by atoms with Crippen LogP contribution in [0.5, 0.6) is 0 Å². The zero-order chi connectivity index (χ0) is 14.9. The minimum absolute atomic E-state index is 0.240. The standard InChI is InChI=1S/C12H6F4N2O2/c13-6-1-7(14)3-9(2-6)17-12-10(16)4-8(15)5-11(12)18(19)20/h1-5,17H. The van der Waals surface area contributed by atoms with Crippen LogP contribution in [0.2, 0.25) is 0 Å². The van der Waals surface area contributed by atoms with Crippen molar-refractivity contribution in [3.05, 3.63) is 63.7 Å². The van der Waals surface area contributed by atoms with Gasteiger partial charge in [0.1, 0.15) is 17.5 Å². The molecule has 0 saturated carbocycles. The summed E-state index contributed by atoms with van der Waals surface area (Å²) < 4.78 is 52.5. The lowest BCUT2D eigenvalue weighted by Crippen LogP contribution is -2.01. The molecule has 0 aromatic heterocycles. The van der Waals surface area contributed by atoms with Crippen molar-refractivity contribution in [1.29, 1.82) is 0 Å². The minimum Gasteiger partial charge on any atom is -0.347 e. The van der Waals surface area contributed by atoms with E-state index in [2.05, 4.69) is 5.32 Å². The van der Waals surface area contributed by atoms with Gasteiger partial charge in [-0.05, 0) is 12.1 Å². The summed E-state index contributed by atoms with van der Waals surface area (Å²) in [6.45, 7) is 0. The van der Waals surface area contributed by atoms with E-state index in [1.807, 2.05) is 0 Å². The molecule has 1 N–H and O–H groups in total. The van der Waals surface area contributed by atoms with E-state index < -0.39 is 39.6 Å². The lowest BCUT2D eigenvalue weighted by Gasteiger charge is -2.08. The van der Waals surface area contributed by atoms with Gasteiger partial charge in [-0.15, -0.1) is 0 Å². The van der Waals surface area contributed by atoms with Gasteiger partial charge in [0.25, 0.3) is 5.69 Å². The number of nitro groups is 1. The molecule has 2 aromatic rings. The second-order valence-electron chi connectivity index (χ2n) is 3.82. The van der Waals surface area contributed by atoms with Gasteiger partial charge in [-0.3, -0.25) is 10.1 Å². The number of rotatable bonds is 3. The molecule has 0 saturated heterocycles. The quantitative estimate of drug-likeness (QED) is 0.529. The summed E-state index contributed by atoms with van der Waals surface area (Å²) in [5.74, 6) is -4.28. The highest BCUT2D eigenvalue weighted by Crippen LogP contribution is 2.31. The SMILES string of the molecule is O=[N+]([O-])c1cc(F)cc(F)c1Nc1cc(F)cc(F)c1. The summed E-state index contributed by atoms with van der Waals surface area (Å²) in [6, 6.07) is 3.14. The summed E-state index contributed by atoms with van der Waals surface area (Å²) >= 11 is 0. The predicted octanol–water partition coefficient (Wildman–Crippen LogP) is 3.89. The number of benzene rings is 2. The van der Waals surface area contributed by atoms with Gasteiger partial charge >= 0.3 is 0 Å². The molecule has 2 aromatic carbocycles. The zero-order valence-electron chi connectivity index (χ0n) is 9.66. The molecule has 0 atom stereocenters. The van der Waals surface area contributed by atoms with Gasteiger partial charge in [0.2, 0.25) is 0 Å². The van der Waals surface area contributed by atoms with Crippen molar-refractivity contribution in [2.75, 3.05) is 5.32 Å². The lowest BCUT2D eigenvalue weighted by molar-refractivity contribution is -0.384. The largest absolute Gasteiger partial charge is 0.347 e. The van der Waals surface area contributed by atoms with E-state index in [0.717, 1.165) is 12.1 Å². The number of hydrogen-bond acceptors (Lipinski definition) is 3. The molecule has 0 fully saturated rings. The molecule has 0 aliphatic heterocycles. The summed E-state index contributed by atoms with van der Waals surface area (Å²) in [6.07, 6.45) is 0. The summed E-state index contributed by atoms with van der Waals surface area (Å²) in [5, 5.41) is 12.9. The molecule has 4 nitrogen and oxygen atoms in total. The highest BCUT2D eigenvalue weighted by atomic mass is 19.1. The number of anilines is 2. The van der Waals surface area contributed by atoms with Crippen molar-refractivity contribution in [1.82, 2.24) is 0 Å². The van der Waals surface area contributed by atoms with Crippen molar-refractivity contribution >= 4 is 17.1 Å². The molecule has 104 valence electrons. The van der Waals surface area contributed by atoms with Gasteiger partial charge in [-0.2, -0.15) is 0 Å². The fourth-order valence-corrected chi connectivity index (χ4v) is 1.60. The highest BCUT2D eigenvalue weighted by Gasteiger charge is 2.21. The van der Waals surface area contributed by atoms with Gasteiger partial charge in [0, 0.05) is 17.8 Å². The van der Waals surface area contributed by atoms with Crippen molar-refractivity contribution in [2.45, 2.75) is 0 Å². The van der Waals surface area contributed by atoms with Gasteiger partial charge in [-0.1, -0.05) is 0 Å². The van der Waals surface area contributed by atoms with E-state index in [1.54, 1.807) is 0 Å². The Kier molecular flexibility index (Phi) is 3.55. The first-order chi connectivity index (χ1) is 9.36. The molecule has 0 heterocycles. The third kappa shape index (κ3) is 2.85. The van der Waals surface area contributed by atoms with Crippen LogP contribution in [0, 0.1) is 33.4 Å². The van der Waals surface area contributed by atoms with Crippen molar-refractivity contribution in [2.24, 2.45) is 0 Å². The number of halogens is 4. The van der Waals surface area contributed by atoms with E-state index in [4.69, 9.17) is 0 Å². The number of nitrogens with zero attached hydrogens (tertiary/aromatic N) is 1. The summed E-state index contributed by atoms with van der Waals surface area (Å²) in [7, 11) is 0. The van der Waals surface area contributed by atoms with Gasteiger partial charge in [0.15, 0.2) is 11.5 Å². The third-order valence-electron chi connectivity index (χ3n) is 2.36. The Morgan fingerprint density at radius 2 is 1.45 bits per heavy atom. The van der Waals surface area contributed by atoms with Crippen molar-refractivity contribution in [3.8, 4) is 0 Å². The average Bonchev–Trinajstić information content (AvgIpc) is 2.30. The predicted molar refractivity (Wildman–Crippen MR) is 62.7 cm³/mol. The normalized spacial score (nSPS) is 10.4. The molecule has 0 amide bonds. The minimum atomic E-state index is -1.25. The first-order valence-electron chi connectivity index (χ1n) is 5.23. The highest BCUT2D eigenvalue weighted by molar-refractivity contribution is 5.70. The smallest absolute Gasteiger partial charge is 0.298 e. The number of hydrogen-bond donors (Lipinski definition) is 1. The maximum atomic E-state index is 13.6. The molecular weight excluding hydrogens is 280 g/mol. The molecule has 0 aliphatic carbocycles. The zero-order valence-corrected chi connectivity index (χ0v) is 9.66. The molecule has 0 unspecified atom stereocenters. The van der Waals surface area contributed by atoms with Crippen molar-refractivity contribution in [3.63, 3.8) is 0 Å². The van der Waals surface area contributed by atoms with Crippen LogP contribution in [0.25, 0.3) is 0 Å². The fourth-order valence-electron chi connectivity index (χ4n) is 1.60. The molecule has 0 aliphatic rings. The van der Waals surface area contributed by atoms with Crippen LogP contribution in [0.3, 0.4) is 0 Å². The lowest BCUT2D eigenvalue weighted by atomic mass is 10.2. The maximum Gasteiger partial charge on any atom is 0.298 e. The van der Waals surface area contributed by atoms with E-state index in [9.17, 15) is 27.7 Å². The van der Waals surface area contributed by atoms with E-state index in [0.29, 0.717) is 18.2 Å². The average molecular weight is 286 g/mol. The van der Waals surface area contributed by atoms with Crippen LogP contribution in [0.4, 0.5) is 34.6 Å². The molecule has 8 heteroatoms. The van der Waals surface area contributed by atoms with Crippen LogP contribution in [-0.4, -0.2) is 4.92 Å². The second-order valence-corrected chi connectivity index (χ2v) is 3.82.